The summed E-state index contributed by atoms with van der Waals surface area (Å²) in [6.45, 7) is 1.07. The summed E-state index contributed by atoms with van der Waals surface area (Å²) in [4.78, 5) is 10.2. The third kappa shape index (κ3) is 5.22. The van der Waals surface area contributed by atoms with Crippen LogP contribution in [0.5, 0.6) is 11.5 Å². The predicted octanol–water partition coefficient (Wildman–Crippen LogP) is 4.79. The summed E-state index contributed by atoms with van der Waals surface area (Å²) in [5.41, 5.74) is 3.11. The number of nitro benzene ring substituents is 1. The van der Waals surface area contributed by atoms with Crippen molar-refractivity contribution in [2.75, 3.05) is 12.4 Å². The lowest BCUT2D eigenvalue weighted by Gasteiger charge is -2.09. The van der Waals surface area contributed by atoms with Crippen LogP contribution < -0.4 is 14.8 Å². The van der Waals surface area contributed by atoms with E-state index >= 15 is 0 Å². The van der Waals surface area contributed by atoms with Gasteiger partial charge in [0.15, 0.2) is 0 Å². The number of nitrogens with one attached hydrogen (secondary N) is 1. The van der Waals surface area contributed by atoms with E-state index < -0.39 is 4.92 Å². The van der Waals surface area contributed by atoms with E-state index in [1.807, 2.05) is 48.5 Å². The molecular weight excluding hydrogens is 344 g/mol. The van der Waals surface area contributed by atoms with Crippen LogP contribution in [0.15, 0.2) is 72.8 Å². The highest BCUT2D eigenvalue weighted by Gasteiger charge is 2.04. The van der Waals surface area contributed by atoms with Gasteiger partial charge in [0.25, 0.3) is 5.69 Å². The van der Waals surface area contributed by atoms with Crippen molar-refractivity contribution >= 4 is 11.4 Å². The third-order valence-electron chi connectivity index (χ3n) is 4.06. The van der Waals surface area contributed by atoms with E-state index in [0.717, 1.165) is 28.3 Å². The predicted molar refractivity (Wildman–Crippen MR) is 104 cm³/mol. The van der Waals surface area contributed by atoms with E-state index in [4.69, 9.17) is 9.47 Å². The molecule has 3 rings (SSSR count). The molecule has 27 heavy (non-hydrogen) atoms. The van der Waals surface area contributed by atoms with Gasteiger partial charge in [-0.05, 0) is 59.7 Å². The number of nitrogens with zero attached hydrogens (tertiary/aromatic N) is 1. The van der Waals surface area contributed by atoms with E-state index in [0.29, 0.717) is 13.2 Å². The standard InChI is InChI=1S/C21H20N2O4/c1-26-20-12-6-18(7-13-20)22-14-16-4-10-21(11-5-16)27-15-17-2-8-19(9-3-17)23(24)25/h2-13,22H,14-15H2,1H3. The summed E-state index contributed by atoms with van der Waals surface area (Å²) >= 11 is 0. The summed E-state index contributed by atoms with van der Waals surface area (Å²) in [6.07, 6.45) is 0. The zero-order chi connectivity index (χ0) is 19.1. The molecule has 3 aromatic carbocycles. The maximum Gasteiger partial charge on any atom is 0.269 e. The van der Waals surface area contributed by atoms with Crippen LogP contribution in [-0.4, -0.2) is 12.0 Å². The summed E-state index contributed by atoms with van der Waals surface area (Å²) in [7, 11) is 1.65. The van der Waals surface area contributed by atoms with Crippen LogP contribution in [0.4, 0.5) is 11.4 Å². The second-order valence-electron chi connectivity index (χ2n) is 5.94. The SMILES string of the molecule is COc1ccc(NCc2ccc(OCc3ccc([N+](=O)[O-])cc3)cc2)cc1. The number of ether oxygens (including phenoxy) is 2. The number of hydrogen-bond acceptors (Lipinski definition) is 5. The van der Waals surface area contributed by atoms with Gasteiger partial charge in [0.05, 0.1) is 12.0 Å². The Morgan fingerprint density at radius 3 is 2.04 bits per heavy atom. The van der Waals surface area contributed by atoms with Crippen molar-refractivity contribution in [3.63, 3.8) is 0 Å². The lowest BCUT2D eigenvalue weighted by molar-refractivity contribution is -0.384. The molecule has 0 saturated carbocycles. The van der Waals surface area contributed by atoms with Crippen LogP contribution in [0.1, 0.15) is 11.1 Å². The first-order valence-electron chi connectivity index (χ1n) is 8.47. The second-order valence-corrected chi connectivity index (χ2v) is 5.94. The lowest BCUT2D eigenvalue weighted by Crippen LogP contribution is -2.00. The fourth-order valence-electron chi connectivity index (χ4n) is 2.50. The van der Waals surface area contributed by atoms with Gasteiger partial charge in [-0.3, -0.25) is 10.1 Å². The van der Waals surface area contributed by atoms with Crippen LogP contribution in [0.2, 0.25) is 0 Å². The van der Waals surface area contributed by atoms with Crippen molar-refractivity contribution in [1.82, 2.24) is 0 Å². The minimum absolute atomic E-state index is 0.0764. The molecule has 0 aromatic heterocycles. The van der Waals surface area contributed by atoms with E-state index in [2.05, 4.69) is 5.32 Å². The molecule has 0 aliphatic rings. The third-order valence-corrected chi connectivity index (χ3v) is 4.06. The van der Waals surface area contributed by atoms with Crippen LogP contribution in [-0.2, 0) is 13.2 Å². The van der Waals surface area contributed by atoms with Gasteiger partial charge >= 0.3 is 0 Å². The molecule has 0 heterocycles. The Morgan fingerprint density at radius 1 is 0.852 bits per heavy atom. The van der Waals surface area contributed by atoms with Crippen molar-refractivity contribution in [3.05, 3.63) is 94.0 Å². The Kier molecular flexibility index (Phi) is 5.89. The Hall–Kier alpha value is -3.54. The number of anilines is 1. The van der Waals surface area contributed by atoms with Gasteiger partial charge in [-0.1, -0.05) is 12.1 Å². The Morgan fingerprint density at radius 2 is 1.44 bits per heavy atom. The molecule has 0 fully saturated rings. The summed E-state index contributed by atoms with van der Waals surface area (Å²) in [5.74, 6) is 1.58. The van der Waals surface area contributed by atoms with Crippen molar-refractivity contribution in [3.8, 4) is 11.5 Å². The average Bonchev–Trinajstić information content (AvgIpc) is 2.72. The number of rotatable bonds is 8. The number of benzene rings is 3. The molecule has 0 aliphatic heterocycles. The molecule has 0 radical (unpaired) electrons. The molecule has 0 spiro atoms. The molecule has 6 heteroatoms. The second kappa shape index (κ2) is 8.71. The van der Waals surface area contributed by atoms with E-state index in [1.54, 1.807) is 19.2 Å². The molecule has 0 amide bonds. The zero-order valence-corrected chi connectivity index (χ0v) is 14.9. The highest BCUT2D eigenvalue weighted by molar-refractivity contribution is 5.47. The number of non-ortho nitro benzene ring substituents is 1. The van der Waals surface area contributed by atoms with Gasteiger partial charge in [-0.15, -0.1) is 0 Å². The van der Waals surface area contributed by atoms with Crippen molar-refractivity contribution in [2.24, 2.45) is 0 Å². The Labute approximate surface area is 157 Å². The first-order valence-corrected chi connectivity index (χ1v) is 8.47. The molecule has 0 atom stereocenters. The lowest BCUT2D eigenvalue weighted by atomic mass is 10.2. The fourth-order valence-corrected chi connectivity index (χ4v) is 2.50. The molecule has 6 nitrogen and oxygen atoms in total. The van der Waals surface area contributed by atoms with Crippen LogP contribution in [0.25, 0.3) is 0 Å². The quantitative estimate of drug-likeness (QED) is 0.459. The Bertz CT molecular complexity index is 876. The molecular formula is C21H20N2O4. The molecule has 138 valence electrons. The smallest absolute Gasteiger partial charge is 0.269 e. The number of nitro groups is 1. The van der Waals surface area contributed by atoms with Crippen molar-refractivity contribution < 1.29 is 14.4 Å². The first kappa shape index (κ1) is 18.3. The maximum atomic E-state index is 10.7. The molecule has 0 aliphatic carbocycles. The van der Waals surface area contributed by atoms with Crippen molar-refractivity contribution in [2.45, 2.75) is 13.2 Å². The zero-order valence-electron chi connectivity index (χ0n) is 14.9. The number of hydrogen-bond donors (Lipinski definition) is 1. The van der Waals surface area contributed by atoms with Gasteiger partial charge in [0.2, 0.25) is 0 Å². The van der Waals surface area contributed by atoms with Gasteiger partial charge in [0, 0.05) is 24.4 Å². The van der Waals surface area contributed by atoms with Gasteiger partial charge in [-0.2, -0.15) is 0 Å². The molecule has 0 saturated heterocycles. The summed E-state index contributed by atoms with van der Waals surface area (Å²) < 4.78 is 10.9. The number of methoxy groups -OCH3 is 1. The van der Waals surface area contributed by atoms with Crippen LogP contribution in [0, 0.1) is 10.1 Å². The van der Waals surface area contributed by atoms with E-state index in [9.17, 15) is 10.1 Å². The summed E-state index contributed by atoms with van der Waals surface area (Å²) in [6, 6.07) is 22.0. The largest absolute Gasteiger partial charge is 0.497 e. The normalized spacial score (nSPS) is 10.3. The van der Waals surface area contributed by atoms with Gasteiger partial charge < -0.3 is 14.8 Å². The maximum absolute atomic E-state index is 10.7. The highest BCUT2D eigenvalue weighted by atomic mass is 16.6. The van der Waals surface area contributed by atoms with Gasteiger partial charge in [-0.25, -0.2) is 0 Å². The fraction of sp³-hybridized carbons (Fsp3) is 0.143. The molecule has 3 aromatic rings. The topological polar surface area (TPSA) is 73.6 Å². The minimum Gasteiger partial charge on any atom is -0.497 e. The first-order chi connectivity index (χ1) is 13.1. The monoisotopic (exact) mass is 364 g/mol. The minimum atomic E-state index is -0.413. The Balaban J connectivity index is 1.49. The van der Waals surface area contributed by atoms with E-state index in [1.165, 1.54) is 12.1 Å². The van der Waals surface area contributed by atoms with E-state index in [-0.39, 0.29) is 5.69 Å². The van der Waals surface area contributed by atoms with Crippen LogP contribution in [0.3, 0.4) is 0 Å². The van der Waals surface area contributed by atoms with Crippen LogP contribution >= 0.6 is 0 Å². The highest BCUT2D eigenvalue weighted by Crippen LogP contribution is 2.18. The molecule has 1 N–H and O–H groups in total. The average molecular weight is 364 g/mol. The van der Waals surface area contributed by atoms with Crippen molar-refractivity contribution in [1.29, 1.82) is 0 Å². The van der Waals surface area contributed by atoms with Gasteiger partial charge in [0.1, 0.15) is 18.1 Å². The summed E-state index contributed by atoms with van der Waals surface area (Å²) in [5, 5.41) is 14.0. The molecule has 0 bridgehead atoms. The molecule has 0 unspecified atom stereocenters.